The monoisotopic (exact) mass is 220 g/mol. The van der Waals surface area contributed by atoms with Crippen molar-refractivity contribution in [2.75, 3.05) is 12.0 Å². The van der Waals surface area contributed by atoms with Gasteiger partial charge >= 0.3 is 5.97 Å². The summed E-state index contributed by atoms with van der Waals surface area (Å²) in [6.45, 7) is 5.71. The van der Waals surface area contributed by atoms with Gasteiger partial charge in [-0.15, -0.1) is 0 Å². The predicted molar refractivity (Wildman–Crippen MR) is 64.5 cm³/mol. The summed E-state index contributed by atoms with van der Waals surface area (Å²) in [4.78, 5) is 11.3. The van der Waals surface area contributed by atoms with Gasteiger partial charge < -0.3 is 4.74 Å². The minimum Gasteiger partial charge on any atom is -0.461 e. The van der Waals surface area contributed by atoms with Crippen molar-refractivity contribution in [2.45, 2.75) is 20.8 Å². The molecule has 4 heteroatoms. The number of nitrogens with one attached hydrogen (secondary N) is 1. The summed E-state index contributed by atoms with van der Waals surface area (Å²) in [5, 5.41) is 3.97. The third-order valence-electron chi connectivity index (χ3n) is 2.06. The highest BCUT2D eigenvalue weighted by molar-refractivity contribution is 6.35. The van der Waals surface area contributed by atoms with Crippen molar-refractivity contribution in [1.82, 2.24) is 0 Å². The summed E-state index contributed by atoms with van der Waals surface area (Å²) in [5.74, 6) is -0.399. The van der Waals surface area contributed by atoms with Gasteiger partial charge in [0.1, 0.15) is 5.71 Å². The topological polar surface area (TPSA) is 50.7 Å². The van der Waals surface area contributed by atoms with Crippen LogP contribution in [0, 0.1) is 6.92 Å². The Morgan fingerprint density at radius 1 is 1.44 bits per heavy atom. The number of esters is 1. The molecule has 0 bridgehead atoms. The SMILES string of the molecule is CCOC(=O)/C(C)=N/Nc1ccccc1C. The fourth-order valence-corrected chi connectivity index (χ4v) is 1.12. The van der Waals surface area contributed by atoms with Gasteiger partial charge in [0, 0.05) is 0 Å². The molecule has 0 heterocycles. The van der Waals surface area contributed by atoms with Gasteiger partial charge in [0.2, 0.25) is 0 Å². The Morgan fingerprint density at radius 2 is 2.12 bits per heavy atom. The fraction of sp³-hybridized carbons (Fsp3) is 0.333. The van der Waals surface area contributed by atoms with Crippen LogP contribution in [0.15, 0.2) is 29.4 Å². The van der Waals surface area contributed by atoms with Crippen LogP contribution in [-0.4, -0.2) is 18.3 Å². The lowest BCUT2D eigenvalue weighted by Crippen LogP contribution is -2.15. The van der Waals surface area contributed by atoms with Crippen LogP contribution in [0.3, 0.4) is 0 Å². The molecule has 0 fully saturated rings. The van der Waals surface area contributed by atoms with Crippen LogP contribution >= 0.6 is 0 Å². The number of rotatable bonds is 4. The van der Waals surface area contributed by atoms with Gasteiger partial charge in [0.15, 0.2) is 0 Å². The fourth-order valence-electron chi connectivity index (χ4n) is 1.12. The molecule has 1 N–H and O–H groups in total. The standard InChI is InChI=1S/C12H16N2O2/c1-4-16-12(15)10(3)13-14-11-8-6-5-7-9(11)2/h5-8,14H,4H2,1-3H3/b13-10+. The molecule has 1 rings (SSSR count). The van der Waals surface area contributed by atoms with E-state index in [1.165, 1.54) is 0 Å². The quantitative estimate of drug-likeness (QED) is 0.481. The van der Waals surface area contributed by atoms with Gasteiger partial charge in [-0.05, 0) is 32.4 Å². The molecule has 0 radical (unpaired) electrons. The second-order valence-electron chi connectivity index (χ2n) is 3.34. The van der Waals surface area contributed by atoms with E-state index >= 15 is 0 Å². The average molecular weight is 220 g/mol. The largest absolute Gasteiger partial charge is 0.461 e. The third kappa shape index (κ3) is 3.38. The van der Waals surface area contributed by atoms with Crippen LogP contribution in [0.5, 0.6) is 0 Å². The van der Waals surface area contributed by atoms with Crippen molar-refractivity contribution in [3.63, 3.8) is 0 Å². The van der Waals surface area contributed by atoms with E-state index in [0.717, 1.165) is 11.3 Å². The average Bonchev–Trinajstić information content (AvgIpc) is 2.28. The second kappa shape index (κ2) is 5.90. The van der Waals surface area contributed by atoms with E-state index in [-0.39, 0.29) is 0 Å². The van der Waals surface area contributed by atoms with E-state index in [1.807, 2.05) is 31.2 Å². The Balaban J connectivity index is 2.66. The lowest BCUT2D eigenvalue weighted by atomic mass is 10.2. The summed E-state index contributed by atoms with van der Waals surface area (Å²) in [7, 11) is 0. The number of hydrogen-bond acceptors (Lipinski definition) is 4. The van der Waals surface area contributed by atoms with E-state index in [9.17, 15) is 4.79 Å². The van der Waals surface area contributed by atoms with Gasteiger partial charge in [-0.2, -0.15) is 5.10 Å². The smallest absolute Gasteiger partial charge is 0.354 e. The van der Waals surface area contributed by atoms with Crippen LogP contribution in [0.2, 0.25) is 0 Å². The van der Waals surface area contributed by atoms with Gasteiger partial charge in [0.25, 0.3) is 0 Å². The van der Waals surface area contributed by atoms with Crippen LogP contribution in [-0.2, 0) is 9.53 Å². The summed E-state index contributed by atoms with van der Waals surface area (Å²) < 4.78 is 4.81. The number of carbonyl (C=O) groups excluding carboxylic acids is 1. The molecular weight excluding hydrogens is 204 g/mol. The zero-order valence-electron chi connectivity index (χ0n) is 9.78. The maximum Gasteiger partial charge on any atom is 0.354 e. The summed E-state index contributed by atoms with van der Waals surface area (Å²) in [6.07, 6.45) is 0. The van der Waals surface area contributed by atoms with E-state index in [2.05, 4.69) is 10.5 Å². The molecule has 1 aromatic carbocycles. The molecule has 0 saturated carbocycles. The number of hydrogen-bond donors (Lipinski definition) is 1. The maximum atomic E-state index is 11.3. The molecule has 1 aromatic rings. The van der Waals surface area contributed by atoms with Crippen molar-refractivity contribution >= 4 is 17.4 Å². The lowest BCUT2D eigenvalue weighted by molar-refractivity contribution is -0.135. The Bertz CT molecular complexity index is 400. The highest BCUT2D eigenvalue weighted by Gasteiger charge is 2.05. The zero-order chi connectivity index (χ0) is 12.0. The van der Waals surface area contributed by atoms with Crippen molar-refractivity contribution in [3.05, 3.63) is 29.8 Å². The molecule has 0 spiro atoms. The van der Waals surface area contributed by atoms with Crippen molar-refractivity contribution in [3.8, 4) is 0 Å². The first kappa shape index (κ1) is 12.2. The van der Waals surface area contributed by atoms with E-state index in [0.29, 0.717) is 12.3 Å². The highest BCUT2D eigenvalue weighted by Crippen LogP contribution is 2.12. The number of nitrogens with zero attached hydrogens (tertiary/aromatic N) is 1. The molecule has 0 unspecified atom stereocenters. The molecule has 0 atom stereocenters. The molecule has 4 nitrogen and oxygen atoms in total. The van der Waals surface area contributed by atoms with Gasteiger partial charge in [-0.25, -0.2) is 4.79 Å². The van der Waals surface area contributed by atoms with Crippen molar-refractivity contribution < 1.29 is 9.53 Å². The number of hydrazone groups is 1. The molecule has 0 aliphatic heterocycles. The molecule has 0 amide bonds. The van der Waals surface area contributed by atoms with Gasteiger partial charge in [0.05, 0.1) is 12.3 Å². The molecule has 0 aliphatic carbocycles. The Hall–Kier alpha value is -1.84. The summed E-state index contributed by atoms with van der Waals surface area (Å²) >= 11 is 0. The molecule has 0 aromatic heterocycles. The predicted octanol–water partition coefficient (Wildman–Crippen LogP) is 2.35. The first-order chi connectivity index (χ1) is 7.65. The molecule has 86 valence electrons. The minimum atomic E-state index is -0.399. The molecular formula is C12H16N2O2. The Kier molecular flexibility index (Phi) is 4.51. The minimum absolute atomic E-state index is 0.310. The maximum absolute atomic E-state index is 11.3. The number of aryl methyl sites for hydroxylation is 1. The Morgan fingerprint density at radius 3 is 2.75 bits per heavy atom. The number of benzene rings is 1. The third-order valence-corrected chi connectivity index (χ3v) is 2.06. The number of carbonyl (C=O) groups is 1. The molecule has 0 saturated heterocycles. The second-order valence-corrected chi connectivity index (χ2v) is 3.34. The van der Waals surface area contributed by atoms with E-state index in [1.54, 1.807) is 13.8 Å². The molecule has 16 heavy (non-hydrogen) atoms. The van der Waals surface area contributed by atoms with Crippen LogP contribution < -0.4 is 5.43 Å². The van der Waals surface area contributed by atoms with Gasteiger partial charge in [-0.3, -0.25) is 5.43 Å². The van der Waals surface area contributed by atoms with Crippen LogP contribution in [0.25, 0.3) is 0 Å². The zero-order valence-corrected chi connectivity index (χ0v) is 9.78. The van der Waals surface area contributed by atoms with E-state index < -0.39 is 5.97 Å². The highest BCUT2D eigenvalue weighted by atomic mass is 16.5. The normalized spacial score (nSPS) is 11.1. The molecule has 0 aliphatic rings. The van der Waals surface area contributed by atoms with Gasteiger partial charge in [-0.1, -0.05) is 18.2 Å². The van der Waals surface area contributed by atoms with E-state index in [4.69, 9.17) is 4.74 Å². The number of anilines is 1. The van der Waals surface area contributed by atoms with Crippen molar-refractivity contribution in [1.29, 1.82) is 0 Å². The number of ether oxygens (including phenoxy) is 1. The first-order valence-corrected chi connectivity index (χ1v) is 5.18. The van der Waals surface area contributed by atoms with Crippen LogP contribution in [0.4, 0.5) is 5.69 Å². The van der Waals surface area contributed by atoms with Crippen molar-refractivity contribution in [2.24, 2.45) is 5.10 Å². The van der Waals surface area contributed by atoms with Crippen LogP contribution in [0.1, 0.15) is 19.4 Å². The number of para-hydroxylation sites is 1. The summed E-state index contributed by atoms with van der Waals surface area (Å²) in [5.41, 5.74) is 5.10. The Labute approximate surface area is 95.3 Å². The summed E-state index contributed by atoms with van der Waals surface area (Å²) in [6, 6.07) is 7.72. The first-order valence-electron chi connectivity index (χ1n) is 5.18. The lowest BCUT2D eigenvalue weighted by Gasteiger charge is -2.05.